The van der Waals surface area contributed by atoms with Crippen molar-refractivity contribution in [1.29, 1.82) is 0 Å². The highest BCUT2D eigenvalue weighted by molar-refractivity contribution is 5.95. The predicted octanol–water partition coefficient (Wildman–Crippen LogP) is 4.08. The van der Waals surface area contributed by atoms with E-state index < -0.39 is 30.5 Å². The van der Waals surface area contributed by atoms with Gasteiger partial charge in [-0.15, -0.1) is 0 Å². The smallest absolute Gasteiger partial charge is 0.387 e. The second-order valence-corrected chi connectivity index (χ2v) is 6.72. The summed E-state index contributed by atoms with van der Waals surface area (Å²) < 4.78 is 35.0. The molecule has 0 radical (unpaired) electrons. The van der Waals surface area contributed by atoms with E-state index in [0.29, 0.717) is 17.7 Å². The zero-order valence-electron chi connectivity index (χ0n) is 17.6. The molecule has 6 nitrogen and oxygen atoms in total. The fourth-order valence-electron chi connectivity index (χ4n) is 2.88. The molecule has 2 aromatic rings. The number of nitrogens with one attached hydrogen (secondary N) is 2. The molecule has 31 heavy (non-hydrogen) atoms. The number of para-hydroxylation sites is 1. The molecule has 0 spiro atoms. The third-order valence-corrected chi connectivity index (χ3v) is 4.53. The van der Waals surface area contributed by atoms with Gasteiger partial charge >= 0.3 is 6.61 Å². The number of ether oxygens (including phenoxy) is 2. The Kier molecular flexibility index (Phi) is 8.99. The lowest BCUT2D eigenvalue weighted by Crippen LogP contribution is -2.45. The van der Waals surface area contributed by atoms with Crippen LogP contribution in [-0.2, 0) is 9.59 Å². The van der Waals surface area contributed by atoms with Crippen molar-refractivity contribution < 1.29 is 27.8 Å². The first-order valence-corrected chi connectivity index (χ1v) is 9.80. The van der Waals surface area contributed by atoms with Crippen LogP contribution in [0.1, 0.15) is 37.4 Å². The average molecular weight is 432 g/mol. The third-order valence-electron chi connectivity index (χ3n) is 4.53. The van der Waals surface area contributed by atoms with E-state index in [9.17, 15) is 18.4 Å². The highest BCUT2D eigenvalue weighted by Crippen LogP contribution is 2.28. The standard InChI is InChI=1S/C23H26F2N2O4/c1-4-19(18-7-5-6-8-20(18)31-23(24)25)27-22(29)15(2)26-21(28)14-11-16-9-12-17(30-3)13-10-16/h5-15,19,23H,4H2,1-3H3,(H,26,28)(H,27,29)/b14-11+. The van der Waals surface area contributed by atoms with Gasteiger partial charge in [0.05, 0.1) is 13.2 Å². The van der Waals surface area contributed by atoms with Crippen molar-refractivity contribution in [3.8, 4) is 11.5 Å². The minimum atomic E-state index is -2.97. The van der Waals surface area contributed by atoms with E-state index in [2.05, 4.69) is 15.4 Å². The van der Waals surface area contributed by atoms with E-state index in [1.165, 1.54) is 12.1 Å². The molecule has 2 rings (SSSR count). The Morgan fingerprint density at radius 2 is 1.74 bits per heavy atom. The van der Waals surface area contributed by atoms with E-state index >= 15 is 0 Å². The van der Waals surface area contributed by atoms with Crippen LogP contribution in [0, 0.1) is 0 Å². The van der Waals surface area contributed by atoms with Gasteiger partial charge in [-0.2, -0.15) is 8.78 Å². The summed E-state index contributed by atoms with van der Waals surface area (Å²) in [5.74, 6) is -0.167. The van der Waals surface area contributed by atoms with Crippen LogP contribution in [0.5, 0.6) is 11.5 Å². The number of benzene rings is 2. The molecule has 8 heteroatoms. The van der Waals surface area contributed by atoms with Crippen molar-refractivity contribution in [3.05, 3.63) is 65.7 Å². The van der Waals surface area contributed by atoms with Gasteiger partial charge in [0, 0.05) is 11.6 Å². The minimum absolute atomic E-state index is 0.00348. The lowest BCUT2D eigenvalue weighted by atomic mass is 10.0. The second-order valence-electron chi connectivity index (χ2n) is 6.72. The Morgan fingerprint density at radius 1 is 1.06 bits per heavy atom. The number of hydrogen-bond acceptors (Lipinski definition) is 4. The van der Waals surface area contributed by atoms with Crippen LogP contribution >= 0.6 is 0 Å². The van der Waals surface area contributed by atoms with Crippen molar-refractivity contribution in [1.82, 2.24) is 10.6 Å². The van der Waals surface area contributed by atoms with Gasteiger partial charge < -0.3 is 20.1 Å². The van der Waals surface area contributed by atoms with Gasteiger partial charge in [0.15, 0.2) is 0 Å². The van der Waals surface area contributed by atoms with Gasteiger partial charge in [-0.3, -0.25) is 9.59 Å². The Balaban J connectivity index is 1.97. The number of halogens is 2. The minimum Gasteiger partial charge on any atom is -0.497 e. The van der Waals surface area contributed by atoms with Crippen LogP contribution in [0.4, 0.5) is 8.78 Å². The summed E-state index contributed by atoms with van der Waals surface area (Å²) in [6.45, 7) is 0.387. The van der Waals surface area contributed by atoms with E-state index in [0.717, 1.165) is 5.56 Å². The third kappa shape index (κ3) is 7.40. The van der Waals surface area contributed by atoms with Crippen molar-refractivity contribution in [2.75, 3.05) is 7.11 Å². The summed E-state index contributed by atoms with van der Waals surface area (Å²) in [6, 6.07) is 12.1. The quantitative estimate of drug-likeness (QED) is 0.555. The molecule has 0 bridgehead atoms. The van der Waals surface area contributed by atoms with Gasteiger partial charge in [-0.25, -0.2) is 0 Å². The largest absolute Gasteiger partial charge is 0.497 e. The zero-order valence-corrected chi connectivity index (χ0v) is 17.6. The first-order valence-electron chi connectivity index (χ1n) is 9.80. The van der Waals surface area contributed by atoms with Crippen LogP contribution in [0.2, 0.25) is 0 Å². The van der Waals surface area contributed by atoms with E-state index in [1.807, 2.05) is 6.92 Å². The summed E-state index contributed by atoms with van der Waals surface area (Å²) in [5.41, 5.74) is 1.24. The Labute approximate surface area is 180 Å². The number of methoxy groups -OCH3 is 1. The van der Waals surface area contributed by atoms with Crippen molar-refractivity contribution in [3.63, 3.8) is 0 Å². The molecule has 0 saturated heterocycles. The molecule has 2 N–H and O–H groups in total. The van der Waals surface area contributed by atoms with Gasteiger partial charge in [0.2, 0.25) is 11.8 Å². The summed E-state index contributed by atoms with van der Waals surface area (Å²) in [6.07, 6.45) is 3.40. The highest BCUT2D eigenvalue weighted by Gasteiger charge is 2.22. The molecule has 2 aromatic carbocycles. The van der Waals surface area contributed by atoms with Gasteiger partial charge in [-0.1, -0.05) is 37.3 Å². The molecular weight excluding hydrogens is 406 g/mol. The molecule has 166 valence electrons. The maximum Gasteiger partial charge on any atom is 0.387 e. The summed E-state index contributed by atoms with van der Waals surface area (Å²) >= 11 is 0. The fraction of sp³-hybridized carbons (Fsp3) is 0.304. The molecule has 0 aliphatic carbocycles. The number of rotatable bonds is 10. The first-order chi connectivity index (χ1) is 14.8. The van der Waals surface area contributed by atoms with Gasteiger partial charge in [0.25, 0.3) is 0 Å². The molecule has 2 unspecified atom stereocenters. The molecule has 2 atom stereocenters. The zero-order chi connectivity index (χ0) is 22.8. The van der Waals surface area contributed by atoms with Crippen LogP contribution < -0.4 is 20.1 Å². The number of hydrogen-bond donors (Lipinski definition) is 2. The molecule has 0 heterocycles. The van der Waals surface area contributed by atoms with Crippen molar-refractivity contribution in [2.24, 2.45) is 0 Å². The van der Waals surface area contributed by atoms with E-state index in [1.54, 1.807) is 62.6 Å². The predicted molar refractivity (Wildman–Crippen MR) is 114 cm³/mol. The van der Waals surface area contributed by atoms with E-state index in [-0.39, 0.29) is 5.75 Å². The first kappa shape index (κ1) is 23.9. The number of carbonyl (C=O) groups excluding carboxylic acids is 2. The van der Waals surface area contributed by atoms with Gasteiger partial charge in [-0.05, 0) is 43.2 Å². The van der Waals surface area contributed by atoms with Crippen molar-refractivity contribution >= 4 is 17.9 Å². The van der Waals surface area contributed by atoms with Crippen LogP contribution in [0.25, 0.3) is 6.08 Å². The lowest BCUT2D eigenvalue weighted by Gasteiger charge is -2.22. The van der Waals surface area contributed by atoms with Crippen LogP contribution in [0.15, 0.2) is 54.6 Å². The summed E-state index contributed by atoms with van der Waals surface area (Å²) in [7, 11) is 1.57. The molecular formula is C23H26F2N2O4. The molecule has 0 aliphatic rings. The van der Waals surface area contributed by atoms with Crippen molar-refractivity contribution in [2.45, 2.75) is 39.0 Å². The van der Waals surface area contributed by atoms with Crippen LogP contribution in [-0.4, -0.2) is 31.6 Å². The van der Waals surface area contributed by atoms with Crippen LogP contribution in [0.3, 0.4) is 0 Å². The van der Waals surface area contributed by atoms with Gasteiger partial charge in [0.1, 0.15) is 17.5 Å². The average Bonchev–Trinajstić information content (AvgIpc) is 2.76. The number of amides is 2. The molecule has 0 saturated carbocycles. The summed E-state index contributed by atoms with van der Waals surface area (Å²) in [5, 5.41) is 5.36. The molecule has 0 fully saturated rings. The molecule has 2 amide bonds. The fourth-order valence-corrected chi connectivity index (χ4v) is 2.88. The topological polar surface area (TPSA) is 76.7 Å². The Bertz CT molecular complexity index is 901. The monoisotopic (exact) mass is 432 g/mol. The number of carbonyl (C=O) groups is 2. The Morgan fingerprint density at radius 3 is 2.35 bits per heavy atom. The number of alkyl halides is 2. The maximum absolute atomic E-state index is 12.7. The Hall–Kier alpha value is -3.42. The lowest BCUT2D eigenvalue weighted by molar-refractivity contribution is -0.127. The normalized spacial score (nSPS) is 13.0. The van der Waals surface area contributed by atoms with E-state index in [4.69, 9.17) is 4.74 Å². The SMILES string of the molecule is CCC(NC(=O)C(C)NC(=O)/C=C/c1ccc(OC)cc1)c1ccccc1OC(F)F. The molecule has 0 aromatic heterocycles. The highest BCUT2D eigenvalue weighted by atomic mass is 19.3. The summed E-state index contributed by atoms with van der Waals surface area (Å²) in [4.78, 5) is 24.7. The second kappa shape index (κ2) is 11.7. The maximum atomic E-state index is 12.7. The molecule has 0 aliphatic heterocycles.